The number of ether oxygens (including phenoxy) is 1. The quantitative estimate of drug-likeness (QED) is 0.690. The molecule has 0 radical (unpaired) electrons. The third-order valence-corrected chi connectivity index (χ3v) is 3.14. The molecular formula is C13H11FN2O2S. The number of amides is 1. The van der Waals surface area contributed by atoms with Crippen LogP contribution < -0.4 is 10.2 Å². The molecule has 2 rings (SSSR count). The Balaban J connectivity index is 1.97. The van der Waals surface area contributed by atoms with Crippen LogP contribution in [0.2, 0.25) is 0 Å². The van der Waals surface area contributed by atoms with Crippen LogP contribution in [-0.4, -0.2) is 19.2 Å². The lowest BCUT2D eigenvalue weighted by Gasteiger charge is -2.00. The number of hydrogen-bond acceptors (Lipinski definition) is 4. The zero-order chi connectivity index (χ0) is 13.7. The fourth-order valence-electron chi connectivity index (χ4n) is 1.38. The van der Waals surface area contributed by atoms with Crippen molar-refractivity contribution in [2.75, 3.05) is 7.11 Å². The Labute approximate surface area is 113 Å². The van der Waals surface area contributed by atoms with Crippen LogP contribution in [0.3, 0.4) is 0 Å². The normalized spacial score (nSPS) is 10.6. The summed E-state index contributed by atoms with van der Waals surface area (Å²) in [5.74, 6) is 0.267. The summed E-state index contributed by atoms with van der Waals surface area (Å²) in [7, 11) is 1.57. The van der Waals surface area contributed by atoms with Gasteiger partial charge >= 0.3 is 0 Å². The van der Waals surface area contributed by atoms with E-state index < -0.39 is 11.0 Å². The summed E-state index contributed by atoms with van der Waals surface area (Å²) in [4.78, 5) is 11.8. The molecule has 0 aliphatic heterocycles. The van der Waals surface area contributed by atoms with Gasteiger partial charge in [0.2, 0.25) is 0 Å². The van der Waals surface area contributed by atoms with Gasteiger partial charge in [-0.25, -0.2) is 5.43 Å². The van der Waals surface area contributed by atoms with Gasteiger partial charge in [-0.15, -0.1) is 11.3 Å². The van der Waals surface area contributed by atoms with E-state index >= 15 is 0 Å². The molecule has 0 fully saturated rings. The summed E-state index contributed by atoms with van der Waals surface area (Å²) in [5.41, 5.74) is 3.12. The van der Waals surface area contributed by atoms with Gasteiger partial charge in [0.05, 0.1) is 18.2 Å². The van der Waals surface area contributed by atoms with E-state index in [9.17, 15) is 9.18 Å². The van der Waals surface area contributed by atoms with Crippen LogP contribution in [-0.2, 0) is 0 Å². The largest absolute Gasteiger partial charge is 0.497 e. The van der Waals surface area contributed by atoms with E-state index in [1.54, 1.807) is 13.2 Å². The first kappa shape index (κ1) is 13.2. The third kappa shape index (κ3) is 3.62. The molecule has 1 aromatic heterocycles. The molecule has 0 atom stereocenters. The second kappa shape index (κ2) is 6.10. The van der Waals surface area contributed by atoms with Gasteiger partial charge in [0.25, 0.3) is 5.91 Å². The molecule has 0 unspecified atom stereocenters. The number of hydrogen-bond donors (Lipinski definition) is 1. The van der Waals surface area contributed by atoms with Gasteiger partial charge in [0.1, 0.15) is 5.75 Å². The number of rotatable bonds is 4. The van der Waals surface area contributed by atoms with E-state index in [1.807, 2.05) is 18.2 Å². The average molecular weight is 278 g/mol. The first-order valence-electron chi connectivity index (χ1n) is 5.42. The summed E-state index contributed by atoms with van der Waals surface area (Å²) in [6, 6.07) is 9.88. The SMILES string of the molecule is COc1cccc(/C=N/NC(=O)c2ccc(F)s2)c1. The topological polar surface area (TPSA) is 50.7 Å². The molecular weight excluding hydrogens is 267 g/mol. The van der Waals surface area contributed by atoms with Crippen LogP contribution in [0, 0.1) is 5.13 Å². The van der Waals surface area contributed by atoms with E-state index in [0.29, 0.717) is 5.75 Å². The Morgan fingerprint density at radius 3 is 2.95 bits per heavy atom. The predicted molar refractivity (Wildman–Crippen MR) is 72.3 cm³/mol. The number of hydrazone groups is 1. The molecule has 0 bridgehead atoms. The van der Waals surface area contributed by atoms with E-state index in [2.05, 4.69) is 10.5 Å². The van der Waals surface area contributed by atoms with E-state index in [4.69, 9.17) is 4.74 Å². The predicted octanol–water partition coefficient (Wildman–Crippen LogP) is 2.66. The highest BCUT2D eigenvalue weighted by molar-refractivity contribution is 7.12. The van der Waals surface area contributed by atoms with Crippen LogP contribution in [0.25, 0.3) is 0 Å². The molecule has 4 nitrogen and oxygen atoms in total. The molecule has 6 heteroatoms. The monoisotopic (exact) mass is 278 g/mol. The first-order valence-corrected chi connectivity index (χ1v) is 6.23. The Morgan fingerprint density at radius 2 is 2.26 bits per heavy atom. The van der Waals surface area contributed by atoms with Gasteiger partial charge in [0, 0.05) is 0 Å². The number of carbonyl (C=O) groups excluding carboxylic acids is 1. The Bertz CT molecular complexity index is 610. The lowest BCUT2D eigenvalue weighted by atomic mass is 10.2. The lowest BCUT2D eigenvalue weighted by Crippen LogP contribution is -2.16. The van der Waals surface area contributed by atoms with Crippen LogP contribution in [0.1, 0.15) is 15.2 Å². The van der Waals surface area contributed by atoms with Crippen molar-refractivity contribution in [2.45, 2.75) is 0 Å². The maximum atomic E-state index is 12.7. The minimum Gasteiger partial charge on any atom is -0.497 e. The van der Waals surface area contributed by atoms with Crippen molar-refractivity contribution in [1.29, 1.82) is 0 Å². The maximum absolute atomic E-state index is 12.7. The number of thiophene rings is 1. The fourth-order valence-corrected chi connectivity index (χ4v) is 2.00. The number of benzene rings is 1. The third-order valence-electron chi connectivity index (χ3n) is 2.27. The van der Waals surface area contributed by atoms with Gasteiger partial charge in [-0.1, -0.05) is 12.1 Å². The summed E-state index contributed by atoms with van der Waals surface area (Å²) in [5, 5.41) is 3.41. The molecule has 98 valence electrons. The minimum atomic E-state index is -0.437. The number of methoxy groups -OCH3 is 1. The highest BCUT2D eigenvalue weighted by Gasteiger charge is 2.07. The number of halogens is 1. The van der Waals surface area contributed by atoms with Crippen molar-refractivity contribution >= 4 is 23.5 Å². The Hall–Kier alpha value is -2.21. The molecule has 1 amide bonds. The molecule has 0 aliphatic rings. The highest BCUT2D eigenvalue weighted by atomic mass is 32.1. The van der Waals surface area contributed by atoms with Gasteiger partial charge < -0.3 is 4.74 Å². The maximum Gasteiger partial charge on any atom is 0.281 e. The van der Waals surface area contributed by atoms with E-state index in [-0.39, 0.29) is 4.88 Å². The van der Waals surface area contributed by atoms with Crippen molar-refractivity contribution < 1.29 is 13.9 Å². The summed E-state index contributed by atoms with van der Waals surface area (Å²) < 4.78 is 17.8. The molecule has 19 heavy (non-hydrogen) atoms. The van der Waals surface area contributed by atoms with Crippen LogP contribution >= 0.6 is 11.3 Å². The average Bonchev–Trinajstić information content (AvgIpc) is 2.86. The van der Waals surface area contributed by atoms with Crippen molar-refractivity contribution in [1.82, 2.24) is 5.43 Å². The van der Waals surface area contributed by atoms with E-state index in [1.165, 1.54) is 18.3 Å². The second-order valence-corrected chi connectivity index (χ2v) is 4.61. The van der Waals surface area contributed by atoms with Crippen molar-refractivity contribution in [2.24, 2.45) is 5.10 Å². The van der Waals surface area contributed by atoms with Crippen LogP contribution in [0.15, 0.2) is 41.5 Å². The number of nitrogens with zero attached hydrogens (tertiary/aromatic N) is 1. The smallest absolute Gasteiger partial charge is 0.281 e. The van der Waals surface area contributed by atoms with E-state index in [0.717, 1.165) is 16.9 Å². The molecule has 2 aromatic rings. The van der Waals surface area contributed by atoms with Crippen molar-refractivity contribution in [3.63, 3.8) is 0 Å². The Morgan fingerprint density at radius 1 is 1.42 bits per heavy atom. The molecule has 1 N–H and O–H groups in total. The fraction of sp³-hybridized carbons (Fsp3) is 0.0769. The molecule has 0 saturated heterocycles. The zero-order valence-electron chi connectivity index (χ0n) is 10.1. The standard InChI is InChI=1S/C13H11FN2O2S/c1-18-10-4-2-3-9(7-10)8-15-16-13(17)11-5-6-12(14)19-11/h2-8H,1H3,(H,16,17)/b15-8+. The number of nitrogens with one attached hydrogen (secondary N) is 1. The first-order chi connectivity index (χ1) is 9.19. The molecule has 1 aromatic carbocycles. The summed E-state index contributed by atoms with van der Waals surface area (Å²) >= 11 is 0.776. The molecule has 0 aliphatic carbocycles. The lowest BCUT2D eigenvalue weighted by molar-refractivity contribution is 0.0959. The van der Waals surface area contributed by atoms with Gasteiger partial charge in [-0.2, -0.15) is 9.49 Å². The van der Waals surface area contributed by atoms with Crippen LogP contribution in [0.5, 0.6) is 5.75 Å². The Kier molecular flexibility index (Phi) is 4.25. The highest BCUT2D eigenvalue weighted by Crippen LogP contribution is 2.14. The summed E-state index contributed by atoms with van der Waals surface area (Å²) in [6.07, 6.45) is 1.49. The van der Waals surface area contributed by atoms with Crippen molar-refractivity contribution in [3.8, 4) is 5.75 Å². The summed E-state index contributed by atoms with van der Waals surface area (Å²) in [6.45, 7) is 0. The van der Waals surface area contributed by atoms with Crippen molar-refractivity contribution in [3.05, 3.63) is 52.0 Å². The molecule has 0 spiro atoms. The van der Waals surface area contributed by atoms with Gasteiger partial charge in [-0.05, 0) is 29.8 Å². The number of carbonyl (C=O) groups is 1. The van der Waals surface area contributed by atoms with Gasteiger partial charge in [0.15, 0.2) is 5.13 Å². The zero-order valence-corrected chi connectivity index (χ0v) is 10.9. The van der Waals surface area contributed by atoms with Gasteiger partial charge in [-0.3, -0.25) is 4.79 Å². The molecule has 1 heterocycles. The molecule has 0 saturated carbocycles. The minimum absolute atomic E-state index is 0.278. The van der Waals surface area contributed by atoms with Crippen LogP contribution in [0.4, 0.5) is 4.39 Å². The second-order valence-electron chi connectivity index (χ2n) is 3.58.